The van der Waals surface area contributed by atoms with Crippen molar-refractivity contribution in [1.82, 2.24) is 0 Å². The third-order valence-corrected chi connectivity index (χ3v) is 8.63. The maximum Gasteiger partial charge on any atom is 0.131 e. The topological polar surface area (TPSA) is 37.3 Å². The molecule has 2 nitrogen and oxygen atoms in total. The highest BCUT2D eigenvalue weighted by atomic mass is 31.2. The highest BCUT2D eigenvalue weighted by Gasteiger charge is 2.46. The molecule has 2 atom stereocenters. The molecule has 0 bridgehead atoms. The van der Waals surface area contributed by atoms with Crippen LogP contribution in [0.15, 0.2) is 96.8 Å². The molecule has 0 spiro atoms. The van der Waals surface area contributed by atoms with E-state index in [9.17, 15) is 9.67 Å². The minimum Gasteiger partial charge on any atom is -0.511 e. The summed E-state index contributed by atoms with van der Waals surface area (Å²) >= 11 is 0. The molecular weight excluding hydrogens is 339 g/mol. The Balaban J connectivity index is 1.84. The van der Waals surface area contributed by atoms with Gasteiger partial charge in [0.05, 0.1) is 5.31 Å². The van der Waals surface area contributed by atoms with Crippen LogP contribution in [-0.4, -0.2) is 5.11 Å². The molecular formula is C23H21O2P. The minimum atomic E-state index is -2.88. The Hall–Kier alpha value is -2.57. The van der Waals surface area contributed by atoms with Crippen LogP contribution in [0.2, 0.25) is 0 Å². The predicted octanol–water partition coefficient (Wildman–Crippen LogP) is 6.62. The van der Waals surface area contributed by atoms with Crippen molar-refractivity contribution in [3.05, 3.63) is 113 Å². The average Bonchev–Trinajstić information content (AvgIpc) is 2.94. The zero-order valence-corrected chi connectivity index (χ0v) is 15.3. The van der Waals surface area contributed by atoms with Crippen molar-refractivity contribution in [2.75, 3.05) is 0 Å². The Morgan fingerprint density at radius 1 is 0.808 bits per heavy atom. The molecule has 1 N–H and O–H groups in total. The smallest absolute Gasteiger partial charge is 0.131 e. The van der Waals surface area contributed by atoms with Crippen LogP contribution in [0.3, 0.4) is 0 Å². The van der Waals surface area contributed by atoms with Gasteiger partial charge < -0.3 is 9.67 Å². The van der Waals surface area contributed by atoms with Crippen molar-refractivity contribution in [3.63, 3.8) is 0 Å². The Morgan fingerprint density at radius 2 is 1.35 bits per heavy atom. The number of rotatable bonds is 4. The summed E-state index contributed by atoms with van der Waals surface area (Å²) in [4.78, 5) is 0. The molecule has 1 aliphatic heterocycles. The lowest BCUT2D eigenvalue weighted by molar-refractivity contribution is 0.394. The van der Waals surface area contributed by atoms with Gasteiger partial charge in [-0.05, 0) is 16.7 Å². The van der Waals surface area contributed by atoms with Crippen molar-refractivity contribution in [1.29, 1.82) is 0 Å². The Kier molecular flexibility index (Phi) is 4.53. The summed E-state index contributed by atoms with van der Waals surface area (Å²) in [5.41, 5.74) is 2.76. The van der Waals surface area contributed by atoms with E-state index in [0.717, 1.165) is 16.7 Å². The van der Waals surface area contributed by atoms with Crippen molar-refractivity contribution in [2.45, 2.75) is 18.2 Å². The van der Waals surface area contributed by atoms with Crippen LogP contribution in [0.5, 0.6) is 0 Å². The number of allylic oxidation sites excluding steroid dienone is 1. The Labute approximate surface area is 154 Å². The molecule has 0 saturated heterocycles. The highest BCUT2D eigenvalue weighted by molar-refractivity contribution is 7.74. The van der Waals surface area contributed by atoms with E-state index in [4.69, 9.17) is 0 Å². The molecule has 1 heterocycles. The quantitative estimate of drug-likeness (QED) is 0.531. The van der Waals surface area contributed by atoms with Gasteiger partial charge in [-0.15, -0.1) is 0 Å². The minimum absolute atomic E-state index is 0.181. The van der Waals surface area contributed by atoms with Crippen LogP contribution < -0.4 is 0 Å². The van der Waals surface area contributed by atoms with E-state index in [1.807, 2.05) is 91.0 Å². The number of hydrogen-bond acceptors (Lipinski definition) is 2. The summed E-state index contributed by atoms with van der Waals surface area (Å²) in [6, 6.07) is 29.6. The van der Waals surface area contributed by atoms with Gasteiger partial charge >= 0.3 is 0 Å². The van der Waals surface area contributed by atoms with E-state index in [-0.39, 0.29) is 11.4 Å². The van der Waals surface area contributed by atoms with E-state index in [1.54, 1.807) is 0 Å². The molecule has 3 aromatic carbocycles. The largest absolute Gasteiger partial charge is 0.511 e. The molecule has 0 radical (unpaired) electrons. The zero-order valence-electron chi connectivity index (χ0n) is 14.5. The van der Waals surface area contributed by atoms with E-state index in [2.05, 4.69) is 0 Å². The van der Waals surface area contributed by atoms with Gasteiger partial charge in [-0.3, -0.25) is 0 Å². The second-order valence-electron chi connectivity index (χ2n) is 6.73. The summed E-state index contributed by atoms with van der Waals surface area (Å²) in [5, 5.41) is 11.4. The molecule has 3 heteroatoms. The van der Waals surface area contributed by atoms with Gasteiger partial charge in [0.15, 0.2) is 0 Å². The Morgan fingerprint density at radius 3 is 1.96 bits per heavy atom. The SMILES string of the molecule is O=[P@@]1(Cc2ccccc2)C(c2ccccc2)=C(O)C[C@H]1c1ccccc1. The lowest BCUT2D eigenvalue weighted by Crippen LogP contribution is -1.99. The van der Waals surface area contributed by atoms with Gasteiger partial charge in [0, 0.05) is 18.2 Å². The first-order valence-electron chi connectivity index (χ1n) is 8.84. The van der Waals surface area contributed by atoms with E-state index in [0.29, 0.717) is 17.9 Å². The maximum atomic E-state index is 14.4. The van der Waals surface area contributed by atoms with Gasteiger partial charge in [-0.1, -0.05) is 91.0 Å². The lowest BCUT2D eigenvalue weighted by atomic mass is 10.1. The molecule has 0 aromatic heterocycles. The van der Waals surface area contributed by atoms with Crippen LogP contribution in [0.4, 0.5) is 0 Å². The van der Waals surface area contributed by atoms with Crippen molar-refractivity contribution >= 4 is 12.5 Å². The zero-order chi connectivity index (χ0) is 18.0. The summed E-state index contributed by atoms with van der Waals surface area (Å²) in [6.07, 6.45) is 0.889. The fraction of sp³-hybridized carbons (Fsp3) is 0.130. The van der Waals surface area contributed by atoms with Gasteiger partial charge in [0.1, 0.15) is 12.9 Å². The molecule has 1 aliphatic rings. The molecule has 0 aliphatic carbocycles. The molecule has 0 amide bonds. The second kappa shape index (κ2) is 6.97. The Bertz CT molecular complexity index is 963. The number of aliphatic hydroxyl groups excluding tert-OH is 1. The van der Waals surface area contributed by atoms with Crippen LogP contribution in [0.1, 0.15) is 28.8 Å². The van der Waals surface area contributed by atoms with E-state index >= 15 is 0 Å². The molecule has 4 rings (SSSR count). The molecule has 26 heavy (non-hydrogen) atoms. The first kappa shape index (κ1) is 16.9. The third kappa shape index (κ3) is 3.02. The number of benzene rings is 3. The van der Waals surface area contributed by atoms with E-state index in [1.165, 1.54) is 0 Å². The van der Waals surface area contributed by atoms with Gasteiger partial charge in [-0.2, -0.15) is 0 Å². The van der Waals surface area contributed by atoms with Gasteiger partial charge in [0.2, 0.25) is 0 Å². The number of aliphatic hydroxyl groups is 1. The fourth-order valence-electron chi connectivity index (χ4n) is 3.86. The van der Waals surface area contributed by atoms with Gasteiger partial charge in [0.25, 0.3) is 0 Å². The number of hydrogen-bond donors (Lipinski definition) is 1. The van der Waals surface area contributed by atoms with Crippen molar-refractivity contribution < 1.29 is 9.67 Å². The summed E-state index contributed by atoms with van der Waals surface area (Å²) < 4.78 is 14.4. The maximum absolute atomic E-state index is 14.4. The lowest BCUT2D eigenvalue weighted by Gasteiger charge is -2.24. The van der Waals surface area contributed by atoms with Crippen LogP contribution >= 0.6 is 7.14 Å². The third-order valence-electron chi connectivity index (χ3n) is 5.03. The second-order valence-corrected chi connectivity index (χ2v) is 9.71. The average molecular weight is 360 g/mol. The van der Waals surface area contributed by atoms with Crippen LogP contribution in [0, 0.1) is 0 Å². The monoisotopic (exact) mass is 360 g/mol. The molecule has 3 aromatic rings. The van der Waals surface area contributed by atoms with E-state index < -0.39 is 7.14 Å². The molecule has 0 unspecified atom stereocenters. The van der Waals surface area contributed by atoms with Gasteiger partial charge in [-0.25, -0.2) is 0 Å². The van der Waals surface area contributed by atoms with Crippen LogP contribution in [-0.2, 0) is 10.7 Å². The molecule has 0 fully saturated rings. The predicted molar refractivity (Wildman–Crippen MR) is 108 cm³/mol. The highest BCUT2D eigenvalue weighted by Crippen LogP contribution is 2.76. The van der Waals surface area contributed by atoms with Crippen LogP contribution in [0.25, 0.3) is 5.31 Å². The summed E-state index contributed by atoms with van der Waals surface area (Å²) in [7, 11) is -2.88. The van der Waals surface area contributed by atoms with Crippen molar-refractivity contribution in [3.8, 4) is 0 Å². The fourth-order valence-corrected chi connectivity index (χ4v) is 7.54. The molecule has 0 saturated carbocycles. The van der Waals surface area contributed by atoms with Crippen molar-refractivity contribution in [2.24, 2.45) is 0 Å². The summed E-state index contributed by atoms with van der Waals surface area (Å²) in [6.45, 7) is 0. The summed E-state index contributed by atoms with van der Waals surface area (Å²) in [5.74, 6) is 0.268. The standard InChI is InChI=1S/C23H21O2P/c24-21-16-22(19-12-6-2-7-13-19)26(25,17-18-10-4-1-5-11-18)23(21)20-14-8-3-9-15-20/h1-15,22,24H,16-17H2/t22-,26+/m0/s1. The first-order chi connectivity index (χ1) is 12.7. The molecule has 130 valence electrons. The first-order valence-corrected chi connectivity index (χ1v) is 10.8. The normalized spacial score (nSPS) is 22.5.